The van der Waals surface area contributed by atoms with E-state index in [0.29, 0.717) is 12.4 Å². The number of carbonyl (C=O) groups excluding carboxylic acids is 1. The quantitative estimate of drug-likeness (QED) is 0.662. The molecule has 0 aliphatic carbocycles. The summed E-state index contributed by atoms with van der Waals surface area (Å²) in [5.41, 5.74) is 0.734. The summed E-state index contributed by atoms with van der Waals surface area (Å²) in [6.07, 6.45) is 0.482. The molecule has 1 aromatic carbocycles. The van der Waals surface area contributed by atoms with Gasteiger partial charge in [-0.3, -0.25) is 14.9 Å². The fourth-order valence-corrected chi connectivity index (χ4v) is 2.26. The highest BCUT2D eigenvalue weighted by molar-refractivity contribution is 5.77. The SMILES string of the molecule is CCOc1ccc([C@H]2NC(=O)CC[C@@H]2[N+](=O)[O-])cc1. The summed E-state index contributed by atoms with van der Waals surface area (Å²) in [5, 5.41) is 13.7. The van der Waals surface area contributed by atoms with Crippen molar-refractivity contribution in [2.45, 2.75) is 31.8 Å². The minimum absolute atomic E-state index is 0.142. The number of nitrogens with zero attached hydrogens (tertiary/aromatic N) is 1. The van der Waals surface area contributed by atoms with Gasteiger partial charge in [0.05, 0.1) is 6.61 Å². The fraction of sp³-hybridized carbons (Fsp3) is 0.462. The lowest BCUT2D eigenvalue weighted by molar-refractivity contribution is -0.529. The normalized spacial score (nSPS) is 22.7. The first-order valence-corrected chi connectivity index (χ1v) is 6.27. The molecule has 1 heterocycles. The summed E-state index contributed by atoms with van der Waals surface area (Å²) >= 11 is 0. The Morgan fingerprint density at radius 1 is 1.42 bits per heavy atom. The number of nitro groups is 1. The maximum atomic E-state index is 11.4. The Kier molecular flexibility index (Phi) is 3.99. The lowest BCUT2D eigenvalue weighted by Gasteiger charge is -2.26. The molecule has 1 aliphatic rings. The Bertz CT molecular complexity index is 472. The number of amides is 1. The molecule has 102 valence electrons. The molecule has 1 saturated heterocycles. The lowest BCUT2D eigenvalue weighted by atomic mass is 9.92. The van der Waals surface area contributed by atoms with E-state index in [1.54, 1.807) is 24.3 Å². The predicted molar refractivity (Wildman–Crippen MR) is 68.5 cm³/mol. The van der Waals surface area contributed by atoms with Crippen LogP contribution in [-0.4, -0.2) is 23.5 Å². The van der Waals surface area contributed by atoms with Gasteiger partial charge in [0.1, 0.15) is 11.8 Å². The standard InChI is InChI=1S/C13H16N2O4/c1-2-19-10-5-3-9(4-6-10)13-11(15(17)18)7-8-12(16)14-13/h3-6,11,13H,2,7-8H2,1H3,(H,14,16)/t11-,13+/m0/s1. The van der Waals surface area contributed by atoms with E-state index in [1.807, 2.05) is 6.92 Å². The van der Waals surface area contributed by atoms with E-state index in [9.17, 15) is 14.9 Å². The predicted octanol–water partition coefficient (Wildman–Crippen LogP) is 1.68. The smallest absolute Gasteiger partial charge is 0.237 e. The minimum atomic E-state index is -0.768. The first kappa shape index (κ1) is 13.3. The summed E-state index contributed by atoms with van der Waals surface area (Å²) in [5.74, 6) is 0.572. The number of piperidine rings is 1. The maximum Gasteiger partial charge on any atom is 0.237 e. The van der Waals surface area contributed by atoms with Gasteiger partial charge in [-0.25, -0.2) is 0 Å². The largest absolute Gasteiger partial charge is 0.494 e. The molecule has 19 heavy (non-hydrogen) atoms. The van der Waals surface area contributed by atoms with Gasteiger partial charge in [0.15, 0.2) is 0 Å². The van der Waals surface area contributed by atoms with Crippen LogP contribution in [0.5, 0.6) is 5.75 Å². The van der Waals surface area contributed by atoms with Crippen LogP contribution in [0.1, 0.15) is 31.4 Å². The van der Waals surface area contributed by atoms with Crippen LogP contribution in [0.2, 0.25) is 0 Å². The monoisotopic (exact) mass is 264 g/mol. The summed E-state index contributed by atoms with van der Waals surface area (Å²) in [6.45, 7) is 2.45. The van der Waals surface area contributed by atoms with Gasteiger partial charge in [0.2, 0.25) is 11.9 Å². The third-order valence-corrected chi connectivity index (χ3v) is 3.19. The van der Waals surface area contributed by atoms with Gasteiger partial charge < -0.3 is 10.1 Å². The number of hydrogen-bond donors (Lipinski definition) is 1. The van der Waals surface area contributed by atoms with Crippen molar-refractivity contribution in [2.24, 2.45) is 0 Å². The van der Waals surface area contributed by atoms with Crippen molar-refractivity contribution in [2.75, 3.05) is 6.61 Å². The Morgan fingerprint density at radius 3 is 2.68 bits per heavy atom. The Hall–Kier alpha value is -2.11. The number of hydrogen-bond acceptors (Lipinski definition) is 4. The number of carbonyl (C=O) groups is 1. The van der Waals surface area contributed by atoms with E-state index in [0.717, 1.165) is 5.56 Å². The topological polar surface area (TPSA) is 81.5 Å². The van der Waals surface area contributed by atoms with Gasteiger partial charge in [0.25, 0.3) is 0 Å². The van der Waals surface area contributed by atoms with Crippen LogP contribution in [0.3, 0.4) is 0 Å². The molecule has 1 amide bonds. The fourth-order valence-electron chi connectivity index (χ4n) is 2.26. The van der Waals surface area contributed by atoms with Gasteiger partial charge in [0, 0.05) is 17.8 Å². The first-order chi connectivity index (χ1) is 9.11. The van der Waals surface area contributed by atoms with Gasteiger partial charge >= 0.3 is 0 Å². The van der Waals surface area contributed by atoms with Crippen molar-refractivity contribution in [1.29, 1.82) is 0 Å². The highest BCUT2D eigenvalue weighted by Crippen LogP contribution is 2.27. The summed E-state index contributed by atoms with van der Waals surface area (Å²) in [7, 11) is 0. The van der Waals surface area contributed by atoms with E-state index in [-0.39, 0.29) is 23.7 Å². The van der Waals surface area contributed by atoms with Crippen LogP contribution in [0.15, 0.2) is 24.3 Å². The molecule has 0 bridgehead atoms. The van der Waals surface area contributed by atoms with Crippen LogP contribution in [0.4, 0.5) is 0 Å². The van der Waals surface area contributed by atoms with Crippen LogP contribution in [-0.2, 0) is 4.79 Å². The molecule has 0 spiro atoms. The molecule has 0 unspecified atom stereocenters. The minimum Gasteiger partial charge on any atom is -0.494 e. The Morgan fingerprint density at radius 2 is 2.11 bits per heavy atom. The maximum absolute atomic E-state index is 11.4. The molecule has 2 rings (SSSR count). The molecule has 1 aromatic rings. The van der Waals surface area contributed by atoms with E-state index in [1.165, 1.54) is 0 Å². The number of nitrogens with one attached hydrogen (secondary N) is 1. The summed E-state index contributed by atoms with van der Waals surface area (Å²) in [6, 6.07) is 5.71. The molecule has 1 fully saturated rings. The molecular formula is C13H16N2O4. The van der Waals surface area contributed by atoms with E-state index in [2.05, 4.69) is 5.32 Å². The second kappa shape index (κ2) is 5.69. The van der Waals surface area contributed by atoms with Crippen molar-refractivity contribution >= 4 is 5.91 Å². The van der Waals surface area contributed by atoms with Gasteiger partial charge in [-0.1, -0.05) is 12.1 Å². The lowest BCUT2D eigenvalue weighted by Crippen LogP contribution is -2.45. The Balaban J connectivity index is 2.21. The van der Waals surface area contributed by atoms with Crippen molar-refractivity contribution in [3.05, 3.63) is 39.9 Å². The molecule has 2 atom stereocenters. The molecule has 0 saturated carbocycles. The zero-order chi connectivity index (χ0) is 13.8. The van der Waals surface area contributed by atoms with Crippen LogP contribution < -0.4 is 10.1 Å². The number of rotatable bonds is 4. The highest BCUT2D eigenvalue weighted by Gasteiger charge is 2.37. The average Bonchev–Trinajstić information content (AvgIpc) is 2.39. The second-order valence-corrected chi connectivity index (χ2v) is 4.44. The summed E-state index contributed by atoms with van der Waals surface area (Å²) in [4.78, 5) is 22.2. The molecular weight excluding hydrogens is 248 g/mol. The number of benzene rings is 1. The van der Waals surface area contributed by atoms with Gasteiger partial charge in [-0.05, 0) is 24.6 Å². The molecule has 0 radical (unpaired) electrons. The molecule has 6 nitrogen and oxygen atoms in total. The highest BCUT2D eigenvalue weighted by atomic mass is 16.6. The van der Waals surface area contributed by atoms with Crippen molar-refractivity contribution < 1.29 is 14.5 Å². The van der Waals surface area contributed by atoms with Crippen LogP contribution >= 0.6 is 0 Å². The second-order valence-electron chi connectivity index (χ2n) is 4.44. The summed E-state index contributed by atoms with van der Waals surface area (Å²) < 4.78 is 5.32. The van der Waals surface area contributed by atoms with Gasteiger partial charge in [-0.15, -0.1) is 0 Å². The van der Waals surface area contributed by atoms with Crippen molar-refractivity contribution in [1.82, 2.24) is 5.32 Å². The van der Waals surface area contributed by atoms with Gasteiger partial charge in [-0.2, -0.15) is 0 Å². The third kappa shape index (κ3) is 3.01. The van der Waals surface area contributed by atoms with Crippen molar-refractivity contribution in [3.8, 4) is 5.75 Å². The van der Waals surface area contributed by atoms with E-state index in [4.69, 9.17) is 4.74 Å². The van der Waals surface area contributed by atoms with Crippen LogP contribution in [0.25, 0.3) is 0 Å². The average molecular weight is 264 g/mol. The Labute approximate surface area is 110 Å². The van der Waals surface area contributed by atoms with E-state index < -0.39 is 12.1 Å². The zero-order valence-electron chi connectivity index (χ0n) is 10.7. The van der Waals surface area contributed by atoms with Crippen LogP contribution in [0, 0.1) is 10.1 Å². The third-order valence-electron chi connectivity index (χ3n) is 3.19. The van der Waals surface area contributed by atoms with E-state index >= 15 is 0 Å². The van der Waals surface area contributed by atoms with Crippen molar-refractivity contribution in [3.63, 3.8) is 0 Å². The molecule has 1 aliphatic heterocycles. The first-order valence-electron chi connectivity index (χ1n) is 6.27. The molecule has 6 heteroatoms. The number of ether oxygens (including phenoxy) is 1. The zero-order valence-corrected chi connectivity index (χ0v) is 10.7. The molecule has 1 N–H and O–H groups in total. The molecule has 0 aromatic heterocycles.